The zero-order valence-corrected chi connectivity index (χ0v) is 11.6. The van der Waals surface area contributed by atoms with Gasteiger partial charge in [0.2, 0.25) is 0 Å². The number of hydrogen-bond acceptors (Lipinski definition) is 3. The zero-order chi connectivity index (χ0) is 12.4. The Balaban J connectivity index is 1.74. The molecule has 1 aliphatic carbocycles. The number of methoxy groups -OCH3 is 1. The van der Waals surface area contributed by atoms with Crippen LogP contribution in [0.4, 0.5) is 0 Å². The van der Waals surface area contributed by atoms with Crippen LogP contribution in [0.15, 0.2) is 0 Å². The summed E-state index contributed by atoms with van der Waals surface area (Å²) in [5.74, 6) is 0. The number of nitrogens with one attached hydrogen (secondary N) is 1. The molecule has 0 aromatic carbocycles. The van der Waals surface area contributed by atoms with Crippen molar-refractivity contribution in [2.24, 2.45) is 5.41 Å². The molecule has 2 rings (SSSR count). The second-order valence-electron chi connectivity index (χ2n) is 6.45. The summed E-state index contributed by atoms with van der Waals surface area (Å²) < 4.78 is 11.0. The molecule has 1 N–H and O–H groups in total. The summed E-state index contributed by atoms with van der Waals surface area (Å²) in [5.41, 5.74) is 0.596. The van der Waals surface area contributed by atoms with Crippen LogP contribution in [0.5, 0.6) is 0 Å². The Morgan fingerprint density at radius 1 is 1.29 bits per heavy atom. The molecule has 0 atom stereocenters. The van der Waals surface area contributed by atoms with Crippen LogP contribution in [-0.4, -0.2) is 38.5 Å². The van der Waals surface area contributed by atoms with E-state index < -0.39 is 0 Å². The molecule has 0 radical (unpaired) electrons. The normalized spacial score (nSPS) is 36.5. The first kappa shape index (κ1) is 13.3. The van der Waals surface area contributed by atoms with Gasteiger partial charge >= 0.3 is 0 Å². The maximum Gasteiger partial charge on any atom is 0.0632 e. The van der Waals surface area contributed by atoms with E-state index in [0.29, 0.717) is 11.5 Å². The topological polar surface area (TPSA) is 30.5 Å². The Hall–Kier alpha value is -0.120. The van der Waals surface area contributed by atoms with E-state index in [1.807, 2.05) is 0 Å². The predicted octanol–water partition coefficient (Wildman–Crippen LogP) is 2.35. The van der Waals surface area contributed by atoms with Crippen LogP contribution in [0.3, 0.4) is 0 Å². The largest absolute Gasteiger partial charge is 0.383 e. The fourth-order valence-corrected chi connectivity index (χ4v) is 3.47. The van der Waals surface area contributed by atoms with Crippen molar-refractivity contribution in [3.63, 3.8) is 0 Å². The molecule has 2 fully saturated rings. The van der Waals surface area contributed by atoms with Gasteiger partial charge in [0.25, 0.3) is 0 Å². The van der Waals surface area contributed by atoms with E-state index in [1.54, 1.807) is 7.11 Å². The summed E-state index contributed by atoms with van der Waals surface area (Å²) in [6, 6.07) is 0.694. The Labute approximate surface area is 105 Å². The summed E-state index contributed by atoms with van der Waals surface area (Å²) >= 11 is 0. The molecule has 1 heterocycles. The Morgan fingerprint density at radius 2 is 2.00 bits per heavy atom. The standard InChI is InChI=1S/C14H27NO2/c1-13(2)10-14(11-17-13)6-4-12(5-7-14)15-8-9-16-3/h12,15H,4-11H2,1-3H3. The molecule has 0 aromatic heterocycles. The van der Waals surface area contributed by atoms with Crippen LogP contribution in [0.25, 0.3) is 0 Å². The number of ether oxygens (including phenoxy) is 2. The molecule has 2 aliphatic rings. The second kappa shape index (κ2) is 5.25. The average Bonchev–Trinajstić information content (AvgIpc) is 2.58. The highest BCUT2D eigenvalue weighted by molar-refractivity contribution is 4.96. The monoisotopic (exact) mass is 241 g/mol. The van der Waals surface area contributed by atoms with Crippen molar-refractivity contribution in [2.45, 2.75) is 57.6 Å². The molecule has 17 heavy (non-hydrogen) atoms. The van der Waals surface area contributed by atoms with Crippen molar-refractivity contribution < 1.29 is 9.47 Å². The minimum absolute atomic E-state index is 0.107. The van der Waals surface area contributed by atoms with Gasteiger partial charge in [-0.25, -0.2) is 0 Å². The minimum atomic E-state index is 0.107. The van der Waals surface area contributed by atoms with E-state index in [1.165, 1.54) is 32.1 Å². The molecule has 0 unspecified atom stereocenters. The van der Waals surface area contributed by atoms with Crippen LogP contribution in [0, 0.1) is 5.41 Å². The molecule has 3 heteroatoms. The van der Waals surface area contributed by atoms with E-state index in [0.717, 1.165) is 19.8 Å². The summed E-state index contributed by atoms with van der Waals surface area (Å²) in [6.45, 7) is 7.23. The Bertz CT molecular complexity index is 245. The maximum atomic E-state index is 5.93. The fraction of sp³-hybridized carbons (Fsp3) is 1.00. The zero-order valence-electron chi connectivity index (χ0n) is 11.6. The van der Waals surface area contributed by atoms with Gasteiger partial charge in [0.1, 0.15) is 0 Å². The van der Waals surface area contributed by atoms with Gasteiger partial charge in [-0.05, 0) is 51.4 Å². The van der Waals surface area contributed by atoms with Crippen LogP contribution in [0.2, 0.25) is 0 Å². The molecule has 1 saturated carbocycles. The van der Waals surface area contributed by atoms with Crippen molar-refractivity contribution >= 4 is 0 Å². The van der Waals surface area contributed by atoms with Crippen molar-refractivity contribution in [3.05, 3.63) is 0 Å². The lowest BCUT2D eigenvalue weighted by atomic mass is 9.70. The lowest BCUT2D eigenvalue weighted by Gasteiger charge is -2.37. The number of rotatable bonds is 4. The number of hydrogen-bond donors (Lipinski definition) is 1. The van der Waals surface area contributed by atoms with E-state index in [-0.39, 0.29) is 5.60 Å². The molecule has 0 bridgehead atoms. The first-order valence-corrected chi connectivity index (χ1v) is 6.92. The minimum Gasteiger partial charge on any atom is -0.383 e. The van der Waals surface area contributed by atoms with E-state index in [2.05, 4.69) is 19.2 Å². The van der Waals surface area contributed by atoms with Crippen LogP contribution >= 0.6 is 0 Å². The quantitative estimate of drug-likeness (QED) is 0.766. The summed E-state index contributed by atoms with van der Waals surface area (Å²) in [5, 5.41) is 3.58. The summed E-state index contributed by atoms with van der Waals surface area (Å²) in [4.78, 5) is 0. The fourth-order valence-electron chi connectivity index (χ4n) is 3.47. The van der Waals surface area contributed by atoms with Gasteiger partial charge in [-0.3, -0.25) is 0 Å². The lowest BCUT2D eigenvalue weighted by molar-refractivity contribution is 0.0277. The molecule has 0 aromatic rings. The molecule has 1 aliphatic heterocycles. The third-order valence-electron chi connectivity index (χ3n) is 4.36. The van der Waals surface area contributed by atoms with Crippen LogP contribution in [0.1, 0.15) is 46.0 Å². The van der Waals surface area contributed by atoms with Crippen molar-refractivity contribution in [1.82, 2.24) is 5.32 Å². The van der Waals surface area contributed by atoms with Gasteiger partial charge in [0.05, 0.1) is 18.8 Å². The van der Waals surface area contributed by atoms with Gasteiger partial charge in [0.15, 0.2) is 0 Å². The lowest BCUT2D eigenvalue weighted by Crippen LogP contribution is -2.39. The van der Waals surface area contributed by atoms with Gasteiger partial charge in [-0.2, -0.15) is 0 Å². The summed E-state index contributed by atoms with van der Waals surface area (Å²) in [6.07, 6.45) is 6.47. The highest BCUT2D eigenvalue weighted by atomic mass is 16.5. The molecule has 1 spiro atoms. The molecular weight excluding hydrogens is 214 g/mol. The van der Waals surface area contributed by atoms with Gasteiger partial charge in [0, 0.05) is 19.7 Å². The third-order valence-corrected chi connectivity index (χ3v) is 4.36. The van der Waals surface area contributed by atoms with Crippen molar-refractivity contribution in [1.29, 1.82) is 0 Å². The molecule has 0 amide bonds. The van der Waals surface area contributed by atoms with Crippen molar-refractivity contribution in [3.8, 4) is 0 Å². The van der Waals surface area contributed by atoms with Crippen molar-refractivity contribution in [2.75, 3.05) is 26.9 Å². The first-order chi connectivity index (χ1) is 8.05. The van der Waals surface area contributed by atoms with E-state index in [4.69, 9.17) is 9.47 Å². The van der Waals surface area contributed by atoms with Gasteiger partial charge in [-0.1, -0.05) is 0 Å². The predicted molar refractivity (Wildman–Crippen MR) is 69.2 cm³/mol. The third kappa shape index (κ3) is 3.43. The van der Waals surface area contributed by atoms with Gasteiger partial charge in [-0.15, -0.1) is 0 Å². The average molecular weight is 241 g/mol. The van der Waals surface area contributed by atoms with Gasteiger partial charge < -0.3 is 14.8 Å². The molecule has 1 saturated heterocycles. The smallest absolute Gasteiger partial charge is 0.0632 e. The van der Waals surface area contributed by atoms with Crippen LogP contribution in [-0.2, 0) is 9.47 Å². The maximum absolute atomic E-state index is 5.93. The Kier molecular flexibility index (Phi) is 4.11. The second-order valence-corrected chi connectivity index (χ2v) is 6.45. The SMILES string of the molecule is COCCNC1CCC2(CC1)COC(C)(C)C2. The van der Waals surface area contributed by atoms with E-state index in [9.17, 15) is 0 Å². The highest BCUT2D eigenvalue weighted by Gasteiger charge is 2.45. The molecular formula is C14H27NO2. The summed E-state index contributed by atoms with van der Waals surface area (Å²) in [7, 11) is 1.76. The van der Waals surface area contributed by atoms with Crippen LogP contribution < -0.4 is 5.32 Å². The Morgan fingerprint density at radius 3 is 2.53 bits per heavy atom. The first-order valence-electron chi connectivity index (χ1n) is 6.92. The van der Waals surface area contributed by atoms with E-state index >= 15 is 0 Å². The molecule has 3 nitrogen and oxygen atoms in total. The molecule has 100 valence electrons. The highest BCUT2D eigenvalue weighted by Crippen LogP contribution is 2.48.